The van der Waals surface area contributed by atoms with E-state index in [-0.39, 0.29) is 42.0 Å². The summed E-state index contributed by atoms with van der Waals surface area (Å²) in [6.07, 6.45) is -0.823. The molecule has 258 valence electrons. The number of carbonyl (C=O) groups excluding carboxylic acids is 1. The fraction of sp³-hybridized carbons (Fsp3) is 0.588. The number of likely N-dealkylation sites (tertiary alicyclic amines) is 2. The zero-order valence-corrected chi connectivity index (χ0v) is 29.2. The van der Waals surface area contributed by atoms with Crippen molar-refractivity contribution >= 4 is 17.7 Å². The predicted octanol–water partition coefficient (Wildman–Crippen LogP) is 6.38. The number of carbonyl (C=O) groups is 1. The molecule has 0 bridgehead atoms. The first-order valence-electron chi connectivity index (χ1n) is 16.2. The van der Waals surface area contributed by atoms with Gasteiger partial charge < -0.3 is 23.6 Å². The topological polar surface area (TPSA) is 140 Å². The van der Waals surface area contributed by atoms with Crippen LogP contribution in [0.15, 0.2) is 34.9 Å². The lowest BCUT2D eigenvalue weighted by molar-refractivity contribution is -0.00382. The molecule has 5 rings (SSSR count). The van der Waals surface area contributed by atoms with Crippen molar-refractivity contribution in [3.63, 3.8) is 0 Å². The molecular weight excluding hydrogens is 641 g/mol. The number of hydrogen-bond acceptors (Lipinski definition) is 11. The van der Waals surface area contributed by atoms with Gasteiger partial charge in [0, 0.05) is 37.0 Å². The molecule has 0 radical (unpaired) electrons. The van der Waals surface area contributed by atoms with E-state index in [4.69, 9.17) is 30.3 Å². The molecule has 48 heavy (non-hydrogen) atoms. The van der Waals surface area contributed by atoms with E-state index in [1.807, 2.05) is 50.9 Å². The highest BCUT2D eigenvalue weighted by molar-refractivity contribution is 6.31. The Kier molecular flexibility index (Phi) is 10.5. The number of nitriles is 1. The molecule has 2 fully saturated rings. The summed E-state index contributed by atoms with van der Waals surface area (Å²) in [5.41, 5.74) is -0.573. The zero-order valence-electron chi connectivity index (χ0n) is 28.4. The van der Waals surface area contributed by atoms with Gasteiger partial charge in [-0.25, -0.2) is 9.18 Å². The van der Waals surface area contributed by atoms with Gasteiger partial charge in [0.15, 0.2) is 0 Å². The Balaban J connectivity index is 1.42. The Morgan fingerprint density at radius 2 is 1.88 bits per heavy atom. The van der Waals surface area contributed by atoms with Crippen LogP contribution >= 0.6 is 11.6 Å². The van der Waals surface area contributed by atoms with Crippen molar-refractivity contribution in [3.05, 3.63) is 46.8 Å². The van der Waals surface area contributed by atoms with Crippen LogP contribution in [0.5, 0.6) is 11.8 Å². The lowest BCUT2D eigenvalue weighted by Gasteiger charge is -2.38. The van der Waals surface area contributed by atoms with E-state index in [0.29, 0.717) is 43.3 Å². The molecule has 1 aromatic carbocycles. The van der Waals surface area contributed by atoms with E-state index in [1.165, 1.54) is 0 Å². The normalized spacial score (nSPS) is 22.6. The van der Waals surface area contributed by atoms with Gasteiger partial charge in [-0.05, 0) is 66.6 Å². The van der Waals surface area contributed by atoms with Crippen LogP contribution in [0, 0.1) is 11.3 Å². The maximum Gasteiger partial charge on any atom is 0.410 e. The van der Waals surface area contributed by atoms with Crippen LogP contribution in [-0.4, -0.2) is 92.2 Å². The average molecular weight is 684 g/mol. The van der Waals surface area contributed by atoms with Crippen molar-refractivity contribution in [1.82, 2.24) is 29.9 Å². The highest BCUT2D eigenvalue weighted by atomic mass is 35.5. The third-order valence-electron chi connectivity index (χ3n) is 8.70. The van der Waals surface area contributed by atoms with Crippen molar-refractivity contribution in [3.8, 4) is 29.5 Å². The molecule has 14 heteroatoms. The number of likely N-dealkylation sites (N-methyl/N-ethyl adjacent to an activating group) is 1. The summed E-state index contributed by atoms with van der Waals surface area (Å²) < 4.78 is 38.1. The number of rotatable bonds is 9. The van der Waals surface area contributed by atoms with E-state index in [2.05, 4.69) is 26.2 Å². The van der Waals surface area contributed by atoms with Gasteiger partial charge >= 0.3 is 6.09 Å². The monoisotopic (exact) mass is 683 g/mol. The molecule has 0 saturated carbocycles. The molecule has 2 aliphatic rings. The van der Waals surface area contributed by atoms with Gasteiger partial charge in [0.25, 0.3) is 0 Å². The van der Waals surface area contributed by atoms with Crippen LogP contribution in [0.1, 0.15) is 78.7 Å². The van der Waals surface area contributed by atoms with Crippen molar-refractivity contribution in [2.45, 2.75) is 109 Å². The minimum Gasteiger partial charge on any atom is -0.474 e. The van der Waals surface area contributed by atoms with Crippen molar-refractivity contribution in [2.24, 2.45) is 0 Å². The summed E-state index contributed by atoms with van der Waals surface area (Å²) >= 11 is 6.50. The maximum atomic E-state index is 14.2. The standard InChI is InChI=1S/C34H43ClFN7O5/c1-20(26-16-21(36)19-42(26)7)45-27-18-28(46-23-13-15-43(22(17-23)12-14-37)32(44)47-33(2,3)4)39-29(38-27)30-40-31(48-41-30)34(5,6)24-10-8-9-11-25(24)35/h8-11,18,20-23,26H,12-13,15-17,19H2,1-7H3/t20-,21+,22+,23-,26-/m0/s1. The van der Waals surface area contributed by atoms with Gasteiger partial charge in [0.2, 0.25) is 29.3 Å². The van der Waals surface area contributed by atoms with Crippen LogP contribution in [0.25, 0.3) is 11.6 Å². The van der Waals surface area contributed by atoms with Crippen molar-refractivity contribution in [2.75, 3.05) is 20.1 Å². The van der Waals surface area contributed by atoms with Crippen LogP contribution in [0.2, 0.25) is 5.02 Å². The van der Waals surface area contributed by atoms with E-state index in [9.17, 15) is 14.4 Å². The Labute approximate surface area is 285 Å². The molecule has 2 aromatic heterocycles. The summed E-state index contributed by atoms with van der Waals surface area (Å²) in [6.45, 7) is 11.8. The number of alkyl halides is 1. The van der Waals surface area contributed by atoms with Crippen molar-refractivity contribution < 1.29 is 27.9 Å². The van der Waals surface area contributed by atoms with Gasteiger partial charge in [0.05, 0.1) is 30.0 Å². The quantitative estimate of drug-likeness (QED) is 0.248. The minimum absolute atomic E-state index is 0.113. The Morgan fingerprint density at radius 1 is 1.15 bits per heavy atom. The Morgan fingerprint density at radius 3 is 2.54 bits per heavy atom. The zero-order chi connectivity index (χ0) is 34.8. The van der Waals surface area contributed by atoms with E-state index in [1.54, 1.807) is 37.8 Å². The third kappa shape index (κ3) is 8.15. The highest BCUT2D eigenvalue weighted by Gasteiger charge is 2.37. The number of aromatic nitrogens is 4. The fourth-order valence-electron chi connectivity index (χ4n) is 6.21. The highest BCUT2D eigenvalue weighted by Crippen LogP contribution is 2.36. The van der Waals surface area contributed by atoms with Crippen molar-refractivity contribution in [1.29, 1.82) is 5.26 Å². The van der Waals surface area contributed by atoms with E-state index < -0.39 is 35.4 Å². The van der Waals surface area contributed by atoms with Crippen LogP contribution < -0.4 is 9.47 Å². The van der Waals surface area contributed by atoms with Crippen LogP contribution in [-0.2, 0) is 10.2 Å². The molecule has 2 saturated heterocycles. The maximum absolute atomic E-state index is 14.2. The molecule has 0 N–H and O–H groups in total. The molecule has 12 nitrogen and oxygen atoms in total. The molecule has 3 aromatic rings. The molecule has 2 aliphatic heterocycles. The third-order valence-corrected chi connectivity index (χ3v) is 9.02. The van der Waals surface area contributed by atoms with Gasteiger partial charge in [-0.1, -0.05) is 35.0 Å². The second-order valence-corrected chi connectivity index (χ2v) is 14.4. The number of amides is 1. The minimum atomic E-state index is -0.932. The van der Waals surface area contributed by atoms with Gasteiger partial charge in [-0.2, -0.15) is 20.2 Å². The van der Waals surface area contributed by atoms with Gasteiger partial charge in [0.1, 0.15) is 24.0 Å². The average Bonchev–Trinajstić information content (AvgIpc) is 3.63. The molecule has 0 unspecified atom stereocenters. The molecule has 0 aliphatic carbocycles. The summed E-state index contributed by atoms with van der Waals surface area (Å²) in [5, 5.41) is 14.3. The predicted molar refractivity (Wildman–Crippen MR) is 176 cm³/mol. The largest absolute Gasteiger partial charge is 0.474 e. The summed E-state index contributed by atoms with van der Waals surface area (Å²) in [4.78, 5) is 30.3. The summed E-state index contributed by atoms with van der Waals surface area (Å²) in [5.74, 6) is 0.953. The molecular formula is C34H43ClFN7O5. The van der Waals surface area contributed by atoms with Gasteiger partial charge in [-0.3, -0.25) is 4.90 Å². The number of hydrogen-bond donors (Lipinski definition) is 0. The molecule has 0 spiro atoms. The van der Waals surface area contributed by atoms with E-state index >= 15 is 0 Å². The number of piperidine rings is 1. The van der Waals surface area contributed by atoms with Crippen LogP contribution in [0.3, 0.4) is 0 Å². The van der Waals surface area contributed by atoms with Gasteiger partial charge in [-0.15, -0.1) is 0 Å². The second-order valence-electron chi connectivity index (χ2n) is 14.0. The SMILES string of the molecule is C[C@H](Oc1cc(O[C@H]2CCN(C(=O)OC(C)(C)C)[C@H](CC#N)C2)nc(-c2noc(C(C)(C)c3ccccc3Cl)n2)n1)[C@@H]1C[C@@H](F)CN1C. The molecule has 1 amide bonds. The first-order chi connectivity index (χ1) is 22.6. The fourth-order valence-corrected chi connectivity index (χ4v) is 6.58. The first kappa shape index (κ1) is 35.3. The second kappa shape index (κ2) is 14.2. The Hall–Kier alpha value is -4.02. The first-order valence-corrected chi connectivity index (χ1v) is 16.5. The van der Waals surface area contributed by atoms with Crippen LogP contribution in [0.4, 0.5) is 9.18 Å². The number of benzene rings is 1. The molecule has 4 heterocycles. The van der Waals surface area contributed by atoms with E-state index in [0.717, 1.165) is 5.56 Å². The smallest absolute Gasteiger partial charge is 0.410 e. The lowest BCUT2D eigenvalue weighted by Crippen LogP contribution is -2.50. The lowest BCUT2D eigenvalue weighted by atomic mass is 9.84. The Bertz CT molecular complexity index is 1640. The molecule has 5 atom stereocenters. The number of nitrogens with zero attached hydrogens (tertiary/aromatic N) is 7. The summed E-state index contributed by atoms with van der Waals surface area (Å²) in [6, 6.07) is 10.6. The summed E-state index contributed by atoms with van der Waals surface area (Å²) in [7, 11) is 1.87. The number of halogens is 2. The number of ether oxygens (including phenoxy) is 3.